The molecule has 5 nitrogen and oxygen atoms in total. The van der Waals surface area contributed by atoms with E-state index in [9.17, 15) is 14.0 Å². The fraction of sp³-hybridized carbons (Fsp3) is 0.333. The number of carbonyl (C=O) groups is 2. The van der Waals surface area contributed by atoms with Gasteiger partial charge in [-0.05, 0) is 79.6 Å². The molecule has 0 unspecified atom stereocenters. The summed E-state index contributed by atoms with van der Waals surface area (Å²) in [7, 11) is 0. The Balaban J connectivity index is 0.00000225. The molecular formula is C21H23FN2O3S. The summed E-state index contributed by atoms with van der Waals surface area (Å²) in [5, 5.41) is 8.80. The molecule has 0 saturated carbocycles. The second-order valence-corrected chi connectivity index (χ2v) is 7.52. The van der Waals surface area contributed by atoms with Crippen molar-refractivity contribution in [2.75, 3.05) is 11.4 Å². The van der Waals surface area contributed by atoms with Crippen LogP contribution in [0.5, 0.6) is 0 Å². The first kappa shape index (κ1) is 20.4. The van der Waals surface area contributed by atoms with Crippen LogP contribution in [0.25, 0.3) is 0 Å². The summed E-state index contributed by atoms with van der Waals surface area (Å²) in [5.74, 6) is -0.710. The Morgan fingerprint density at radius 2 is 1.96 bits per heavy atom. The van der Waals surface area contributed by atoms with Crippen molar-refractivity contribution in [3.63, 3.8) is 0 Å². The van der Waals surface area contributed by atoms with E-state index in [-0.39, 0.29) is 25.2 Å². The zero-order valence-electron chi connectivity index (χ0n) is 15.6. The Bertz CT molecular complexity index is 949. The summed E-state index contributed by atoms with van der Waals surface area (Å²) in [6.45, 7) is 2.33. The molecule has 2 aliphatic rings. The van der Waals surface area contributed by atoms with Gasteiger partial charge in [0.1, 0.15) is 5.82 Å². The SMILES string of the molecule is Cc1cc(N2CC[C@@]3(CCc4cc(C(=O)NO)ccc4C3)C2=O)ccc1F.S. The maximum absolute atomic E-state index is 13.6. The standard InChI is InChI=1S/C21H21FN2O3.H2S/c1-13-10-17(4-5-18(13)22)24-9-8-21(20(24)26)7-6-14-11-15(19(25)23-27)2-3-16(14)12-21;/h2-5,10-11,27H,6-9,12H2,1H3,(H,23,25);1H2/t21-;/m1./s1. The molecule has 4 rings (SSSR count). The summed E-state index contributed by atoms with van der Waals surface area (Å²) in [6, 6.07) is 10.1. The van der Waals surface area contributed by atoms with Crippen LogP contribution in [0.2, 0.25) is 0 Å². The second-order valence-electron chi connectivity index (χ2n) is 7.52. The first-order chi connectivity index (χ1) is 12.9. The lowest BCUT2D eigenvalue weighted by atomic mass is 9.70. The van der Waals surface area contributed by atoms with Crippen LogP contribution in [0.15, 0.2) is 36.4 Å². The lowest BCUT2D eigenvalue weighted by Crippen LogP contribution is -2.38. The molecule has 1 aliphatic heterocycles. The molecule has 1 spiro atoms. The van der Waals surface area contributed by atoms with Crippen molar-refractivity contribution in [3.8, 4) is 0 Å². The van der Waals surface area contributed by atoms with Crippen LogP contribution in [0, 0.1) is 18.2 Å². The van der Waals surface area contributed by atoms with Crippen molar-refractivity contribution in [1.29, 1.82) is 0 Å². The fourth-order valence-corrected chi connectivity index (χ4v) is 4.32. The van der Waals surface area contributed by atoms with Crippen LogP contribution in [0.3, 0.4) is 0 Å². The third-order valence-corrected chi connectivity index (χ3v) is 5.94. The van der Waals surface area contributed by atoms with Crippen molar-refractivity contribution in [3.05, 3.63) is 64.5 Å². The van der Waals surface area contributed by atoms with Gasteiger partial charge < -0.3 is 4.90 Å². The number of halogens is 1. The molecule has 1 heterocycles. The lowest BCUT2D eigenvalue weighted by Gasteiger charge is -2.33. The maximum Gasteiger partial charge on any atom is 0.274 e. The van der Waals surface area contributed by atoms with E-state index >= 15 is 0 Å². The van der Waals surface area contributed by atoms with Crippen molar-refractivity contribution in [2.45, 2.75) is 32.6 Å². The third kappa shape index (κ3) is 3.29. The quantitative estimate of drug-likeness (QED) is 0.598. The molecule has 2 aromatic rings. The van der Waals surface area contributed by atoms with Crippen molar-refractivity contribution in [1.82, 2.24) is 5.48 Å². The Morgan fingerprint density at radius 3 is 2.68 bits per heavy atom. The van der Waals surface area contributed by atoms with Gasteiger partial charge in [0.15, 0.2) is 0 Å². The fourth-order valence-electron chi connectivity index (χ4n) is 4.32. The van der Waals surface area contributed by atoms with E-state index in [0.717, 1.165) is 29.7 Å². The molecule has 2 N–H and O–H groups in total. The first-order valence-electron chi connectivity index (χ1n) is 9.08. The first-order valence-corrected chi connectivity index (χ1v) is 9.08. The molecule has 0 radical (unpaired) electrons. The molecule has 148 valence electrons. The maximum atomic E-state index is 13.6. The van der Waals surface area contributed by atoms with Crippen LogP contribution in [0.4, 0.5) is 10.1 Å². The number of amides is 2. The van der Waals surface area contributed by atoms with Crippen molar-refractivity contribution >= 4 is 31.0 Å². The molecule has 0 bridgehead atoms. The number of rotatable bonds is 2. The topological polar surface area (TPSA) is 69.6 Å². The number of nitrogens with one attached hydrogen (secondary N) is 1. The van der Waals surface area contributed by atoms with Gasteiger partial charge in [0.25, 0.3) is 5.91 Å². The predicted octanol–water partition coefficient (Wildman–Crippen LogP) is 3.28. The van der Waals surface area contributed by atoms with Gasteiger partial charge in [0, 0.05) is 17.8 Å². The number of benzene rings is 2. The number of hydrogen-bond donors (Lipinski definition) is 2. The predicted molar refractivity (Wildman–Crippen MR) is 109 cm³/mol. The molecule has 2 amide bonds. The normalized spacial score (nSPS) is 20.7. The average Bonchev–Trinajstić information content (AvgIpc) is 2.99. The largest absolute Gasteiger partial charge is 0.312 e. The van der Waals surface area contributed by atoms with Crippen LogP contribution >= 0.6 is 13.5 Å². The van der Waals surface area contributed by atoms with Crippen molar-refractivity contribution < 1.29 is 19.2 Å². The summed E-state index contributed by atoms with van der Waals surface area (Å²) in [5.41, 5.74) is 5.02. The number of aryl methyl sites for hydroxylation is 2. The highest BCUT2D eigenvalue weighted by atomic mass is 32.1. The van der Waals surface area contributed by atoms with E-state index in [1.807, 2.05) is 6.07 Å². The molecule has 1 saturated heterocycles. The zero-order valence-corrected chi connectivity index (χ0v) is 16.6. The smallest absolute Gasteiger partial charge is 0.274 e. The molecule has 0 aromatic heterocycles. The van der Waals surface area contributed by atoms with Crippen LogP contribution in [0.1, 0.15) is 39.9 Å². The van der Waals surface area contributed by atoms with Crippen molar-refractivity contribution in [2.24, 2.45) is 5.41 Å². The number of anilines is 1. The lowest BCUT2D eigenvalue weighted by molar-refractivity contribution is -0.126. The highest BCUT2D eigenvalue weighted by molar-refractivity contribution is 7.59. The molecule has 1 atom stereocenters. The number of hydroxylamine groups is 1. The van der Waals surface area contributed by atoms with Gasteiger partial charge in [-0.15, -0.1) is 0 Å². The van der Waals surface area contributed by atoms with Crippen LogP contribution < -0.4 is 10.4 Å². The third-order valence-electron chi connectivity index (χ3n) is 5.94. The van der Waals surface area contributed by atoms with E-state index in [4.69, 9.17) is 5.21 Å². The van der Waals surface area contributed by atoms with Gasteiger partial charge in [0.05, 0.1) is 5.41 Å². The molecule has 28 heavy (non-hydrogen) atoms. The Morgan fingerprint density at radius 1 is 1.18 bits per heavy atom. The number of carbonyl (C=O) groups excluding carboxylic acids is 2. The average molecular weight is 402 g/mol. The number of nitrogens with zero attached hydrogens (tertiary/aromatic N) is 1. The van der Waals surface area contributed by atoms with Gasteiger partial charge in [0.2, 0.25) is 5.91 Å². The van der Waals surface area contributed by atoms with E-state index in [1.54, 1.807) is 41.6 Å². The van der Waals surface area contributed by atoms with Gasteiger partial charge in [-0.2, -0.15) is 13.5 Å². The molecule has 1 fully saturated rings. The van der Waals surface area contributed by atoms with Gasteiger partial charge >= 0.3 is 0 Å². The highest BCUT2D eigenvalue weighted by Gasteiger charge is 2.48. The minimum absolute atomic E-state index is 0. The van der Waals surface area contributed by atoms with Crippen LogP contribution in [-0.2, 0) is 17.6 Å². The van der Waals surface area contributed by atoms with Gasteiger partial charge in [-0.25, -0.2) is 9.87 Å². The second kappa shape index (κ2) is 7.56. The van der Waals surface area contributed by atoms with E-state index in [2.05, 4.69) is 0 Å². The zero-order chi connectivity index (χ0) is 19.2. The molecular weight excluding hydrogens is 379 g/mol. The monoisotopic (exact) mass is 402 g/mol. The highest BCUT2D eigenvalue weighted by Crippen LogP contribution is 2.45. The van der Waals surface area contributed by atoms with Gasteiger partial charge in [-0.3, -0.25) is 14.8 Å². The molecule has 1 aliphatic carbocycles. The minimum Gasteiger partial charge on any atom is -0.312 e. The minimum atomic E-state index is -0.534. The summed E-state index contributed by atoms with van der Waals surface area (Å²) < 4.78 is 13.6. The Labute approximate surface area is 170 Å². The Hall–Kier alpha value is -2.38. The Kier molecular flexibility index (Phi) is 5.50. The number of hydrogen-bond acceptors (Lipinski definition) is 3. The number of fused-ring (bicyclic) bond motifs is 1. The van der Waals surface area contributed by atoms with E-state index in [1.165, 1.54) is 6.07 Å². The summed E-state index contributed by atoms with van der Waals surface area (Å²) in [4.78, 5) is 26.6. The molecule has 7 heteroatoms. The summed E-state index contributed by atoms with van der Waals surface area (Å²) in [6.07, 6.45) is 2.84. The van der Waals surface area contributed by atoms with E-state index < -0.39 is 11.3 Å². The van der Waals surface area contributed by atoms with E-state index in [0.29, 0.717) is 30.5 Å². The van der Waals surface area contributed by atoms with Gasteiger partial charge in [-0.1, -0.05) is 6.07 Å². The summed E-state index contributed by atoms with van der Waals surface area (Å²) >= 11 is 0. The van der Waals surface area contributed by atoms with Crippen LogP contribution in [-0.4, -0.2) is 23.6 Å². The molecule has 2 aromatic carbocycles.